The molecule has 0 aromatic heterocycles. The molecule has 5 heteroatoms. The largest absolute Gasteiger partial charge is 0.497 e. The van der Waals surface area contributed by atoms with E-state index < -0.39 is 0 Å². The van der Waals surface area contributed by atoms with Crippen LogP contribution in [0, 0.1) is 0 Å². The fraction of sp³-hybridized carbons (Fsp3) is 0.625. The second kappa shape index (κ2) is 6.64. The number of anilines is 1. The van der Waals surface area contributed by atoms with E-state index in [1.165, 1.54) is 17.7 Å². The van der Waals surface area contributed by atoms with Gasteiger partial charge in [-0.25, -0.2) is 0 Å². The first-order chi connectivity index (χ1) is 10.3. The van der Waals surface area contributed by atoms with Gasteiger partial charge in [-0.2, -0.15) is 0 Å². The summed E-state index contributed by atoms with van der Waals surface area (Å²) in [5, 5.41) is 0. The van der Waals surface area contributed by atoms with E-state index in [-0.39, 0.29) is 0 Å². The molecule has 2 aliphatic rings. The summed E-state index contributed by atoms with van der Waals surface area (Å²) in [5.74, 6) is 0.900. The Bertz CT molecular complexity index is 475. The minimum Gasteiger partial charge on any atom is -0.497 e. The monoisotopic (exact) mass is 291 g/mol. The lowest BCUT2D eigenvalue weighted by atomic mass is 10.1. The average Bonchev–Trinajstić information content (AvgIpc) is 3.05. The third kappa shape index (κ3) is 3.15. The zero-order chi connectivity index (χ0) is 14.7. The van der Waals surface area contributed by atoms with Gasteiger partial charge in [-0.1, -0.05) is 6.07 Å². The molecule has 3 rings (SSSR count). The van der Waals surface area contributed by atoms with Gasteiger partial charge in [0, 0.05) is 50.5 Å². The van der Waals surface area contributed by atoms with Crippen molar-refractivity contribution in [3.8, 4) is 5.75 Å². The first-order valence-corrected chi connectivity index (χ1v) is 7.75. The Morgan fingerprint density at radius 2 is 2.10 bits per heavy atom. The van der Waals surface area contributed by atoms with Crippen LogP contribution in [0.25, 0.3) is 0 Å². The van der Waals surface area contributed by atoms with Gasteiger partial charge in [0.1, 0.15) is 5.75 Å². The molecule has 1 unspecified atom stereocenters. The number of rotatable bonds is 4. The molecule has 1 aromatic carbocycles. The van der Waals surface area contributed by atoms with Crippen molar-refractivity contribution < 1.29 is 9.47 Å². The zero-order valence-corrected chi connectivity index (χ0v) is 12.8. The Balaban J connectivity index is 1.72. The maximum atomic E-state index is 5.89. The SMILES string of the molecule is COc1ccc(CN)c(N2CCC(N3CCOCC3)C2)c1. The summed E-state index contributed by atoms with van der Waals surface area (Å²) in [7, 11) is 1.71. The third-order valence-electron chi connectivity index (χ3n) is 4.58. The molecule has 2 fully saturated rings. The van der Waals surface area contributed by atoms with E-state index in [4.69, 9.17) is 15.2 Å². The molecule has 0 spiro atoms. The fourth-order valence-electron chi connectivity index (χ4n) is 3.34. The van der Waals surface area contributed by atoms with Gasteiger partial charge in [0.15, 0.2) is 0 Å². The summed E-state index contributed by atoms with van der Waals surface area (Å²) in [5.41, 5.74) is 8.32. The maximum absolute atomic E-state index is 5.89. The number of ether oxygens (including phenoxy) is 2. The van der Waals surface area contributed by atoms with Crippen LogP contribution < -0.4 is 15.4 Å². The average molecular weight is 291 g/mol. The number of nitrogens with zero attached hydrogens (tertiary/aromatic N) is 2. The predicted molar refractivity (Wildman–Crippen MR) is 83.9 cm³/mol. The van der Waals surface area contributed by atoms with Gasteiger partial charge in [0.25, 0.3) is 0 Å². The van der Waals surface area contributed by atoms with Crippen molar-refractivity contribution in [2.75, 3.05) is 51.4 Å². The van der Waals surface area contributed by atoms with Crippen LogP contribution in [0.15, 0.2) is 18.2 Å². The molecule has 0 aliphatic carbocycles. The topological polar surface area (TPSA) is 51.0 Å². The van der Waals surface area contributed by atoms with Gasteiger partial charge >= 0.3 is 0 Å². The minimum atomic E-state index is 0.568. The van der Waals surface area contributed by atoms with Gasteiger partial charge in [-0.05, 0) is 18.1 Å². The first-order valence-electron chi connectivity index (χ1n) is 7.75. The van der Waals surface area contributed by atoms with Crippen LogP contribution in [0.2, 0.25) is 0 Å². The molecule has 0 amide bonds. The molecular weight excluding hydrogens is 266 g/mol. The molecule has 116 valence electrons. The summed E-state index contributed by atoms with van der Waals surface area (Å²) in [6.45, 7) is 6.56. The van der Waals surface area contributed by atoms with Crippen LogP contribution in [0.3, 0.4) is 0 Å². The van der Waals surface area contributed by atoms with Crippen LogP contribution in [-0.4, -0.2) is 57.4 Å². The number of nitrogens with two attached hydrogens (primary N) is 1. The molecule has 21 heavy (non-hydrogen) atoms. The van der Waals surface area contributed by atoms with E-state index in [1.807, 2.05) is 6.07 Å². The van der Waals surface area contributed by atoms with Crippen LogP contribution in [0.4, 0.5) is 5.69 Å². The molecule has 1 atom stereocenters. The van der Waals surface area contributed by atoms with Crippen molar-refractivity contribution in [3.63, 3.8) is 0 Å². The summed E-state index contributed by atoms with van der Waals surface area (Å²) < 4.78 is 10.8. The highest BCUT2D eigenvalue weighted by atomic mass is 16.5. The lowest BCUT2D eigenvalue weighted by Gasteiger charge is -2.32. The van der Waals surface area contributed by atoms with E-state index in [2.05, 4.69) is 21.9 Å². The van der Waals surface area contributed by atoms with Crippen molar-refractivity contribution in [3.05, 3.63) is 23.8 Å². The second-order valence-electron chi connectivity index (χ2n) is 5.74. The van der Waals surface area contributed by atoms with E-state index in [9.17, 15) is 0 Å². The van der Waals surface area contributed by atoms with Crippen LogP contribution >= 0.6 is 0 Å². The molecule has 5 nitrogen and oxygen atoms in total. The molecule has 2 aliphatic heterocycles. The highest BCUT2D eigenvalue weighted by molar-refractivity contribution is 5.58. The van der Waals surface area contributed by atoms with Crippen molar-refractivity contribution in [2.24, 2.45) is 5.73 Å². The van der Waals surface area contributed by atoms with Crippen molar-refractivity contribution in [2.45, 2.75) is 19.0 Å². The molecular formula is C16H25N3O2. The van der Waals surface area contributed by atoms with Crippen LogP contribution in [0.1, 0.15) is 12.0 Å². The van der Waals surface area contributed by atoms with Gasteiger partial charge in [0.05, 0.1) is 20.3 Å². The summed E-state index contributed by atoms with van der Waals surface area (Å²) in [6.07, 6.45) is 1.21. The van der Waals surface area contributed by atoms with E-state index in [1.54, 1.807) is 7.11 Å². The van der Waals surface area contributed by atoms with Crippen molar-refractivity contribution >= 4 is 5.69 Å². The van der Waals surface area contributed by atoms with Crippen LogP contribution in [-0.2, 0) is 11.3 Å². The normalized spacial score (nSPS) is 23.5. The lowest BCUT2D eigenvalue weighted by Crippen LogP contribution is -2.44. The molecule has 2 heterocycles. The van der Waals surface area contributed by atoms with Gasteiger partial charge in [-0.3, -0.25) is 4.90 Å². The molecule has 1 aromatic rings. The molecule has 0 radical (unpaired) electrons. The summed E-state index contributed by atoms with van der Waals surface area (Å²) >= 11 is 0. The Kier molecular flexibility index (Phi) is 4.63. The van der Waals surface area contributed by atoms with Gasteiger partial charge in [0.2, 0.25) is 0 Å². The smallest absolute Gasteiger partial charge is 0.120 e. The number of morpholine rings is 1. The molecule has 0 saturated carbocycles. The van der Waals surface area contributed by atoms with Gasteiger partial charge in [-0.15, -0.1) is 0 Å². The quantitative estimate of drug-likeness (QED) is 0.899. The summed E-state index contributed by atoms with van der Waals surface area (Å²) in [6, 6.07) is 6.81. The molecule has 2 N–H and O–H groups in total. The van der Waals surface area contributed by atoms with E-state index in [0.29, 0.717) is 12.6 Å². The first kappa shape index (κ1) is 14.6. The Labute approximate surface area is 126 Å². The van der Waals surface area contributed by atoms with Gasteiger partial charge < -0.3 is 20.1 Å². The Morgan fingerprint density at radius 3 is 2.81 bits per heavy atom. The lowest BCUT2D eigenvalue weighted by molar-refractivity contribution is 0.0209. The van der Waals surface area contributed by atoms with E-state index in [0.717, 1.165) is 45.1 Å². The highest BCUT2D eigenvalue weighted by Gasteiger charge is 2.29. The number of hydrogen-bond donors (Lipinski definition) is 1. The standard InChI is InChI=1S/C16H25N3O2/c1-20-15-3-2-13(11-17)16(10-15)19-5-4-14(12-19)18-6-8-21-9-7-18/h2-3,10,14H,4-9,11-12,17H2,1H3. The van der Waals surface area contributed by atoms with Crippen molar-refractivity contribution in [1.29, 1.82) is 0 Å². The second-order valence-corrected chi connectivity index (χ2v) is 5.74. The fourth-order valence-corrected chi connectivity index (χ4v) is 3.34. The number of benzene rings is 1. The summed E-state index contributed by atoms with van der Waals surface area (Å²) in [4.78, 5) is 5.01. The number of methoxy groups -OCH3 is 1. The van der Waals surface area contributed by atoms with Crippen molar-refractivity contribution in [1.82, 2.24) is 4.90 Å². The third-order valence-corrected chi connectivity index (χ3v) is 4.58. The molecule has 2 saturated heterocycles. The van der Waals surface area contributed by atoms with E-state index >= 15 is 0 Å². The van der Waals surface area contributed by atoms with Crippen LogP contribution in [0.5, 0.6) is 5.75 Å². The minimum absolute atomic E-state index is 0.568. The predicted octanol–water partition coefficient (Wildman–Crippen LogP) is 1.06. The Hall–Kier alpha value is -1.30. The maximum Gasteiger partial charge on any atom is 0.120 e. The number of hydrogen-bond acceptors (Lipinski definition) is 5. The molecule has 0 bridgehead atoms. The highest BCUT2D eigenvalue weighted by Crippen LogP contribution is 2.30. The zero-order valence-electron chi connectivity index (χ0n) is 12.8. The Morgan fingerprint density at radius 1 is 1.29 bits per heavy atom.